The van der Waals surface area contributed by atoms with Crippen LogP contribution in [0.15, 0.2) is 22.4 Å². The number of fused-ring (bicyclic) bond motifs is 1. The quantitative estimate of drug-likeness (QED) is 0.841. The zero-order chi connectivity index (χ0) is 16.2. The maximum absolute atomic E-state index is 12.2. The molecule has 3 rings (SSSR count). The summed E-state index contributed by atoms with van der Waals surface area (Å²) in [5.41, 5.74) is 6.34. The second kappa shape index (κ2) is 8.84. The van der Waals surface area contributed by atoms with Gasteiger partial charge in [-0.3, -0.25) is 14.0 Å². The average molecular weight is 389 g/mol. The molecule has 0 aromatic carbocycles. The Balaban J connectivity index is 0.00000208. The second-order valence-corrected chi connectivity index (χ2v) is 7.55. The van der Waals surface area contributed by atoms with Gasteiger partial charge in [0.15, 0.2) is 4.96 Å². The Morgan fingerprint density at radius 3 is 2.88 bits per heavy atom. The summed E-state index contributed by atoms with van der Waals surface area (Å²) in [6.07, 6.45) is 3.72. The smallest absolute Gasteiger partial charge is 0.258 e. The van der Waals surface area contributed by atoms with Crippen molar-refractivity contribution in [3.8, 4) is 0 Å². The zero-order valence-electron chi connectivity index (χ0n) is 13.2. The highest BCUT2D eigenvalue weighted by molar-refractivity contribution is 7.99. The van der Waals surface area contributed by atoms with Crippen LogP contribution in [0, 0.1) is 5.92 Å². The molecular formula is C15H21ClN4O2S2. The number of piperidine rings is 1. The van der Waals surface area contributed by atoms with E-state index in [0.717, 1.165) is 31.6 Å². The molecule has 0 aliphatic carbocycles. The molecule has 0 atom stereocenters. The van der Waals surface area contributed by atoms with Crippen molar-refractivity contribution >= 4 is 46.4 Å². The zero-order valence-corrected chi connectivity index (χ0v) is 15.7. The third-order valence-electron chi connectivity index (χ3n) is 4.13. The molecule has 0 radical (unpaired) electrons. The van der Waals surface area contributed by atoms with E-state index >= 15 is 0 Å². The first-order valence-electron chi connectivity index (χ1n) is 7.68. The SMILES string of the molecule is Cl.NCC1CCN(C(=O)CSCc2cc(=O)n3ccsc3n2)CC1. The summed E-state index contributed by atoms with van der Waals surface area (Å²) < 4.78 is 1.53. The molecule has 24 heavy (non-hydrogen) atoms. The van der Waals surface area contributed by atoms with E-state index in [4.69, 9.17) is 5.73 Å². The molecule has 1 amide bonds. The summed E-state index contributed by atoms with van der Waals surface area (Å²) in [5.74, 6) is 1.73. The minimum Gasteiger partial charge on any atom is -0.342 e. The number of aromatic nitrogens is 2. The van der Waals surface area contributed by atoms with Crippen molar-refractivity contribution in [1.29, 1.82) is 0 Å². The normalized spacial score (nSPS) is 15.5. The topological polar surface area (TPSA) is 80.7 Å². The highest BCUT2D eigenvalue weighted by atomic mass is 35.5. The molecule has 1 fully saturated rings. The van der Waals surface area contributed by atoms with E-state index in [2.05, 4.69) is 4.98 Å². The summed E-state index contributed by atoms with van der Waals surface area (Å²) in [5, 5.41) is 1.84. The van der Waals surface area contributed by atoms with Gasteiger partial charge in [-0.1, -0.05) is 0 Å². The van der Waals surface area contributed by atoms with Gasteiger partial charge >= 0.3 is 0 Å². The summed E-state index contributed by atoms with van der Waals surface area (Å²) >= 11 is 2.95. The molecule has 6 nitrogen and oxygen atoms in total. The number of nitrogens with zero attached hydrogens (tertiary/aromatic N) is 3. The molecule has 2 N–H and O–H groups in total. The van der Waals surface area contributed by atoms with E-state index in [1.54, 1.807) is 12.3 Å². The molecule has 1 saturated heterocycles. The molecule has 0 saturated carbocycles. The van der Waals surface area contributed by atoms with Crippen molar-refractivity contribution in [2.24, 2.45) is 11.7 Å². The maximum Gasteiger partial charge on any atom is 0.258 e. The van der Waals surface area contributed by atoms with Crippen molar-refractivity contribution in [2.45, 2.75) is 18.6 Å². The Hall–Kier alpha value is -1.09. The van der Waals surface area contributed by atoms with Gasteiger partial charge in [0, 0.05) is 36.5 Å². The highest BCUT2D eigenvalue weighted by Gasteiger charge is 2.21. The summed E-state index contributed by atoms with van der Waals surface area (Å²) in [4.78, 5) is 31.2. The van der Waals surface area contributed by atoms with Gasteiger partial charge in [0.05, 0.1) is 11.4 Å². The number of likely N-dealkylation sites (tertiary alicyclic amines) is 1. The van der Waals surface area contributed by atoms with Gasteiger partial charge in [0.1, 0.15) is 0 Å². The lowest BCUT2D eigenvalue weighted by Gasteiger charge is -2.31. The summed E-state index contributed by atoms with van der Waals surface area (Å²) in [6.45, 7) is 2.33. The number of carbonyl (C=O) groups is 1. The Morgan fingerprint density at radius 1 is 1.42 bits per heavy atom. The van der Waals surface area contributed by atoms with Crippen LogP contribution in [-0.2, 0) is 10.5 Å². The Bertz CT molecular complexity index is 740. The molecule has 0 bridgehead atoms. The third-order valence-corrected chi connectivity index (χ3v) is 5.84. The molecule has 0 unspecified atom stereocenters. The van der Waals surface area contributed by atoms with E-state index in [1.165, 1.54) is 27.5 Å². The lowest BCUT2D eigenvalue weighted by Crippen LogP contribution is -2.40. The molecule has 132 valence electrons. The number of hydrogen-bond acceptors (Lipinski definition) is 6. The van der Waals surface area contributed by atoms with Crippen LogP contribution in [0.4, 0.5) is 0 Å². The first-order chi connectivity index (χ1) is 11.2. The Morgan fingerprint density at radius 2 is 2.17 bits per heavy atom. The third kappa shape index (κ3) is 4.50. The van der Waals surface area contributed by atoms with Crippen molar-refractivity contribution in [3.63, 3.8) is 0 Å². The second-order valence-electron chi connectivity index (χ2n) is 5.69. The Kier molecular flexibility index (Phi) is 7.09. The first kappa shape index (κ1) is 19.2. The van der Waals surface area contributed by atoms with Crippen LogP contribution in [0.5, 0.6) is 0 Å². The fourth-order valence-corrected chi connectivity index (χ4v) is 4.27. The number of rotatable bonds is 5. The molecule has 2 aromatic heterocycles. The van der Waals surface area contributed by atoms with Crippen LogP contribution in [0.1, 0.15) is 18.5 Å². The van der Waals surface area contributed by atoms with E-state index in [9.17, 15) is 9.59 Å². The van der Waals surface area contributed by atoms with E-state index < -0.39 is 0 Å². The number of hydrogen-bond donors (Lipinski definition) is 1. The lowest BCUT2D eigenvalue weighted by atomic mass is 9.97. The fourth-order valence-electron chi connectivity index (χ4n) is 2.71. The minimum absolute atomic E-state index is 0. The van der Waals surface area contributed by atoms with Gasteiger partial charge in [-0.2, -0.15) is 0 Å². The predicted octanol–water partition coefficient (Wildman–Crippen LogP) is 1.61. The monoisotopic (exact) mass is 388 g/mol. The van der Waals surface area contributed by atoms with Crippen LogP contribution in [0.25, 0.3) is 4.96 Å². The van der Waals surface area contributed by atoms with Crippen molar-refractivity contribution in [2.75, 3.05) is 25.4 Å². The van der Waals surface area contributed by atoms with Gasteiger partial charge in [-0.05, 0) is 25.3 Å². The van der Waals surface area contributed by atoms with Crippen LogP contribution in [0.2, 0.25) is 0 Å². The number of carbonyl (C=O) groups excluding carboxylic acids is 1. The molecule has 1 aliphatic rings. The number of thioether (sulfide) groups is 1. The summed E-state index contributed by atoms with van der Waals surface area (Å²) in [6, 6.07) is 1.55. The van der Waals surface area contributed by atoms with Crippen molar-refractivity contribution in [1.82, 2.24) is 14.3 Å². The van der Waals surface area contributed by atoms with Gasteiger partial charge in [-0.25, -0.2) is 4.98 Å². The lowest BCUT2D eigenvalue weighted by molar-refractivity contribution is -0.129. The molecule has 3 heterocycles. The average Bonchev–Trinajstić information content (AvgIpc) is 3.04. The van der Waals surface area contributed by atoms with E-state index in [-0.39, 0.29) is 23.9 Å². The van der Waals surface area contributed by atoms with Crippen molar-refractivity contribution < 1.29 is 4.79 Å². The van der Waals surface area contributed by atoms with Gasteiger partial charge in [-0.15, -0.1) is 35.5 Å². The predicted molar refractivity (Wildman–Crippen MR) is 101 cm³/mol. The van der Waals surface area contributed by atoms with Crippen LogP contribution in [-0.4, -0.2) is 45.6 Å². The van der Waals surface area contributed by atoms with E-state index in [0.29, 0.717) is 28.9 Å². The van der Waals surface area contributed by atoms with Crippen LogP contribution in [0.3, 0.4) is 0 Å². The van der Waals surface area contributed by atoms with E-state index in [1.807, 2.05) is 10.3 Å². The number of nitrogens with two attached hydrogens (primary N) is 1. The standard InChI is InChI=1S/C15H20N4O2S2.ClH/c16-8-11-1-3-18(4-2-11)14(21)10-22-9-12-7-13(20)19-5-6-23-15(19)17-12;/h5-7,11H,1-4,8-10,16H2;1H. The first-order valence-corrected chi connectivity index (χ1v) is 9.72. The summed E-state index contributed by atoms with van der Waals surface area (Å²) in [7, 11) is 0. The number of halogens is 1. The minimum atomic E-state index is -0.0676. The molecule has 1 aliphatic heterocycles. The fraction of sp³-hybridized carbons (Fsp3) is 0.533. The Labute approximate surface area is 154 Å². The molecule has 2 aromatic rings. The number of thiazole rings is 1. The molecular weight excluding hydrogens is 368 g/mol. The van der Waals surface area contributed by atoms with Gasteiger partial charge < -0.3 is 10.6 Å². The van der Waals surface area contributed by atoms with Crippen molar-refractivity contribution in [3.05, 3.63) is 33.7 Å². The molecule has 0 spiro atoms. The van der Waals surface area contributed by atoms with Gasteiger partial charge in [0.25, 0.3) is 5.56 Å². The van der Waals surface area contributed by atoms with Crippen LogP contribution >= 0.6 is 35.5 Å². The maximum atomic E-state index is 12.2. The van der Waals surface area contributed by atoms with Crippen LogP contribution < -0.4 is 11.3 Å². The largest absolute Gasteiger partial charge is 0.342 e. The highest BCUT2D eigenvalue weighted by Crippen LogP contribution is 2.18. The molecule has 9 heteroatoms. The van der Waals surface area contributed by atoms with Gasteiger partial charge in [0.2, 0.25) is 5.91 Å². The number of amides is 1.